The first kappa shape index (κ1) is 11.2. The van der Waals surface area contributed by atoms with Crippen molar-refractivity contribution in [1.29, 1.82) is 0 Å². The van der Waals surface area contributed by atoms with E-state index in [0.717, 1.165) is 19.4 Å². The molecule has 14 heavy (non-hydrogen) atoms. The number of pyridine rings is 1. The Morgan fingerprint density at radius 3 is 2.64 bits per heavy atom. The molecule has 1 aromatic rings. The molecule has 0 atom stereocenters. The fourth-order valence-corrected chi connectivity index (χ4v) is 1.36. The van der Waals surface area contributed by atoms with Gasteiger partial charge in [-0.3, -0.25) is 4.98 Å². The van der Waals surface area contributed by atoms with Crippen molar-refractivity contribution in [2.75, 3.05) is 13.2 Å². The van der Waals surface area contributed by atoms with Gasteiger partial charge in [-0.1, -0.05) is 6.42 Å². The van der Waals surface area contributed by atoms with Crippen LogP contribution in [0.4, 0.5) is 0 Å². The number of nitrogens with zero attached hydrogens (tertiary/aromatic N) is 1. The Labute approximate surface area is 86.3 Å². The summed E-state index contributed by atoms with van der Waals surface area (Å²) in [6.07, 6.45) is 8.43. The van der Waals surface area contributed by atoms with Crippen LogP contribution in [0.15, 0.2) is 24.5 Å². The van der Waals surface area contributed by atoms with Crippen LogP contribution in [0.2, 0.25) is 0 Å². The number of hydrogen-bond donors (Lipinski definition) is 0. The van der Waals surface area contributed by atoms with E-state index < -0.39 is 0 Å². The van der Waals surface area contributed by atoms with E-state index in [9.17, 15) is 0 Å². The van der Waals surface area contributed by atoms with Gasteiger partial charge >= 0.3 is 0 Å². The fourth-order valence-electron chi connectivity index (χ4n) is 1.36. The van der Waals surface area contributed by atoms with Crippen molar-refractivity contribution in [2.45, 2.75) is 25.7 Å². The zero-order valence-electron chi connectivity index (χ0n) is 8.61. The minimum Gasteiger partial charge on any atom is -0.381 e. The molecule has 0 bridgehead atoms. The maximum absolute atomic E-state index is 5.16. The molecule has 0 aliphatic carbocycles. The monoisotopic (exact) mass is 192 g/mol. The Morgan fingerprint density at radius 1 is 1.14 bits per heavy atom. The van der Waals surface area contributed by atoms with Crippen molar-refractivity contribution in [3.63, 3.8) is 0 Å². The van der Waals surface area contributed by atoms with Gasteiger partial charge in [0, 0.05) is 25.6 Å². The third kappa shape index (κ3) is 4.97. The first-order chi connectivity index (χ1) is 6.93. The highest BCUT2D eigenvalue weighted by Crippen LogP contribution is 2.05. The number of rotatable bonds is 7. The molecule has 0 saturated carbocycles. The minimum absolute atomic E-state index is 0.588. The van der Waals surface area contributed by atoms with Crippen molar-refractivity contribution in [2.24, 2.45) is 0 Å². The molecule has 0 spiro atoms. The van der Waals surface area contributed by atoms with Gasteiger partial charge in [-0.15, -0.1) is 0 Å². The van der Waals surface area contributed by atoms with Crippen molar-refractivity contribution >= 4 is 0 Å². The van der Waals surface area contributed by atoms with Crippen molar-refractivity contribution in [3.8, 4) is 0 Å². The van der Waals surface area contributed by atoms with Crippen LogP contribution in [0, 0.1) is 6.92 Å². The van der Waals surface area contributed by atoms with Crippen LogP contribution < -0.4 is 0 Å². The number of aryl methyl sites for hydroxylation is 1. The van der Waals surface area contributed by atoms with E-state index in [-0.39, 0.29) is 0 Å². The van der Waals surface area contributed by atoms with Gasteiger partial charge in [0.15, 0.2) is 0 Å². The van der Waals surface area contributed by atoms with Crippen molar-refractivity contribution < 1.29 is 4.74 Å². The largest absolute Gasteiger partial charge is 0.381 e. The second kappa shape index (κ2) is 7.51. The van der Waals surface area contributed by atoms with Crippen LogP contribution in [0.25, 0.3) is 0 Å². The molecule has 0 unspecified atom stereocenters. The highest BCUT2D eigenvalue weighted by molar-refractivity contribution is 5.09. The Bertz CT molecular complexity index is 223. The average molecular weight is 192 g/mol. The second-order valence-electron chi connectivity index (χ2n) is 3.28. The Morgan fingerprint density at radius 2 is 1.93 bits per heavy atom. The third-order valence-electron chi connectivity index (χ3n) is 2.15. The molecule has 0 amide bonds. The van der Waals surface area contributed by atoms with Crippen LogP contribution in [0.3, 0.4) is 0 Å². The predicted molar refractivity (Wildman–Crippen MR) is 58.0 cm³/mol. The fraction of sp³-hybridized carbons (Fsp3) is 0.500. The third-order valence-corrected chi connectivity index (χ3v) is 2.15. The van der Waals surface area contributed by atoms with Crippen molar-refractivity contribution in [1.82, 2.24) is 4.98 Å². The second-order valence-corrected chi connectivity index (χ2v) is 3.28. The molecule has 0 aliphatic heterocycles. The Hall–Kier alpha value is -0.890. The van der Waals surface area contributed by atoms with E-state index in [1.165, 1.54) is 18.4 Å². The van der Waals surface area contributed by atoms with Crippen molar-refractivity contribution in [3.05, 3.63) is 37.0 Å². The van der Waals surface area contributed by atoms with E-state index in [0.29, 0.717) is 6.61 Å². The van der Waals surface area contributed by atoms with E-state index in [2.05, 4.69) is 24.0 Å². The molecule has 2 nitrogen and oxygen atoms in total. The summed E-state index contributed by atoms with van der Waals surface area (Å²) >= 11 is 0. The van der Waals surface area contributed by atoms with Gasteiger partial charge < -0.3 is 4.74 Å². The predicted octanol–water partition coefficient (Wildman–Crippen LogP) is 2.65. The minimum atomic E-state index is 0.588. The molecule has 0 aliphatic rings. The Kier molecular flexibility index (Phi) is 6.00. The number of hydrogen-bond acceptors (Lipinski definition) is 2. The van der Waals surface area contributed by atoms with Crippen LogP contribution in [-0.4, -0.2) is 18.2 Å². The number of aromatic nitrogens is 1. The van der Waals surface area contributed by atoms with Gasteiger partial charge in [0.25, 0.3) is 0 Å². The van der Waals surface area contributed by atoms with Gasteiger partial charge in [-0.2, -0.15) is 0 Å². The summed E-state index contributed by atoms with van der Waals surface area (Å²) in [4.78, 5) is 3.99. The van der Waals surface area contributed by atoms with Gasteiger partial charge in [-0.25, -0.2) is 0 Å². The first-order valence-electron chi connectivity index (χ1n) is 5.19. The van der Waals surface area contributed by atoms with Crippen LogP contribution in [0.5, 0.6) is 0 Å². The van der Waals surface area contributed by atoms with Crippen LogP contribution in [-0.2, 0) is 11.2 Å². The van der Waals surface area contributed by atoms with Gasteiger partial charge in [-0.05, 0) is 43.9 Å². The topological polar surface area (TPSA) is 22.1 Å². The lowest BCUT2D eigenvalue weighted by atomic mass is 10.1. The molecule has 77 valence electrons. The van der Waals surface area contributed by atoms with E-state index in [1.807, 2.05) is 12.4 Å². The normalized spacial score (nSPS) is 10.4. The highest BCUT2D eigenvalue weighted by atomic mass is 16.5. The summed E-state index contributed by atoms with van der Waals surface area (Å²) in [7, 11) is 0. The molecular formula is C12H18NO. The summed E-state index contributed by atoms with van der Waals surface area (Å²) in [6, 6.07) is 4.15. The summed E-state index contributed by atoms with van der Waals surface area (Å²) in [6.45, 7) is 5.06. The summed E-state index contributed by atoms with van der Waals surface area (Å²) in [5, 5.41) is 0. The summed E-state index contributed by atoms with van der Waals surface area (Å²) in [5.41, 5.74) is 1.37. The smallest absolute Gasteiger partial charge is 0.0466 e. The molecular weight excluding hydrogens is 174 g/mol. The first-order valence-corrected chi connectivity index (χ1v) is 5.19. The molecule has 0 N–H and O–H groups in total. The summed E-state index contributed by atoms with van der Waals surface area (Å²) < 4.78 is 5.16. The Balaban J connectivity index is 1.99. The lowest BCUT2D eigenvalue weighted by molar-refractivity contribution is 0.156. The maximum Gasteiger partial charge on any atom is 0.0466 e. The van der Waals surface area contributed by atoms with Gasteiger partial charge in [0.1, 0.15) is 0 Å². The zero-order chi connectivity index (χ0) is 10.1. The molecule has 0 fully saturated rings. The van der Waals surface area contributed by atoms with Crippen LogP contribution >= 0.6 is 0 Å². The molecule has 0 saturated heterocycles. The number of ether oxygens (including phenoxy) is 1. The molecule has 1 rings (SSSR count). The lowest BCUT2D eigenvalue weighted by Crippen LogP contribution is -1.94. The molecule has 1 radical (unpaired) electrons. The molecule has 1 aromatic heterocycles. The SMILES string of the molecule is [CH2]COCCCCCc1ccncc1. The molecule has 2 heteroatoms. The van der Waals surface area contributed by atoms with Gasteiger partial charge in [0.05, 0.1) is 0 Å². The zero-order valence-corrected chi connectivity index (χ0v) is 8.61. The standard InChI is InChI=1S/C12H18NO/c1-2-14-11-5-3-4-6-12-7-9-13-10-8-12/h7-10H,1-6,11H2. The highest BCUT2D eigenvalue weighted by Gasteiger charge is 1.92. The van der Waals surface area contributed by atoms with Crippen LogP contribution in [0.1, 0.15) is 24.8 Å². The lowest BCUT2D eigenvalue weighted by Gasteiger charge is -2.01. The maximum atomic E-state index is 5.16. The molecule has 0 aromatic carbocycles. The quantitative estimate of drug-likeness (QED) is 0.620. The van der Waals surface area contributed by atoms with E-state index in [4.69, 9.17) is 4.74 Å². The van der Waals surface area contributed by atoms with Gasteiger partial charge in [0.2, 0.25) is 0 Å². The summed E-state index contributed by atoms with van der Waals surface area (Å²) in [5.74, 6) is 0. The van der Waals surface area contributed by atoms with E-state index >= 15 is 0 Å². The molecule has 1 heterocycles. The number of unbranched alkanes of at least 4 members (excludes halogenated alkanes) is 2. The average Bonchev–Trinajstić information content (AvgIpc) is 2.25. The van der Waals surface area contributed by atoms with E-state index in [1.54, 1.807) is 0 Å².